The summed E-state index contributed by atoms with van der Waals surface area (Å²) in [5, 5.41) is 11.9. The lowest BCUT2D eigenvalue weighted by Gasteiger charge is -2.31. The lowest BCUT2D eigenvalue weighted by atomic mass is 9.95. The third-order valence-corrected chi connectivity index (χ3v) is 4.39. The van der Waals surface area contributed by atoms with E-state index in [1.54, 1.807) is 24.1 Å². The Balaban J connectivity index is 2.11. The van der Waals surface area contributed by atoms with Gasteiger partial charge in [0.2, 0.25) is 0 Å². The van der Waals surface area contributed by atoms with Crippen LogP contribution in [0.5, 0.6) is 0 Å². The lowest BCUT2D eigenvalue weighted by Crippen LogP contribution is -2.41. The molecule has 0 bridgehead atoms. The minimum atomic E-state index is -1.06. The van der Waals surface area contributed by atoms with Crippen LogP contribution in [0.4, 0.5) is 10.5 Å². The van der Waals surface area contributed by atoms with Crippen LogP contribution >= 0.6 is 15.9 Å². The number of nitrogens with zero attached hydrogens (tertiary/aromatic N) is 1. The van der Waals surface area contributed by atoms with Crippen molar-refractivity contribution in [2.24, 2.45) is 0 Å². The van der Waals surface area contributed by atoms with Gasteiger partial charge >= 0.3 is 12.0 Å². The van der Waals surface area contributed by atoms with Gasteiger partial charge in [0, 0.05) is 17.6 Å². The SMILES string of the molecule is CN(C(=O)Nc1cc(Br)ccc1C(=O)O)C1CCCCC1. The number of halogens is 1. The predicted octanol–water partition coefficient (Wildman–Crippen LogP) is 3.94. The number of carbonyl (C=O) groups is 2. The molecule has 1 aromatic carbocycles. The van der Waals surface area contributed by atoms with Crippen molar-refractivity contribution in [2.75, 3.05) is 12.4 Å². The molecule has 0 radical (unpaired) electrons. The van der Waals surface area contributed by atoms with Gasteiger partial charge in [0.15, 0.2) is 0 Å². The first-order chi connectivity index (χ1) is 9.99. The number of rotatable bonds is 3. The van der Waals surface area contributed by atoms with Crippen molar-refractivity contribution >= 4 is 33.6 Å². The molecular formula is C15H19BrN2O3. The van der Waals surface area contributed by atoms with Crippen LogP contribution in [0.1, 0.15) is 42.5 Å². The van der Waals surface area contributed by atoms with Crippen molar-refractivity contribution in [1.29, 1.82) is 0 Å². The van der Waals surface area contributed by atoms with Crippen LogP contribution < -0.4 is 5.32 Å². The molecule has 5 nitrogen and oxygen atoms in total. The zero-order valence-corrected chi connectivity index (χ0v) is 13.5. The molecule has 1 saturated carbocycles. The molecule has 0 aromatic heterocycles. The minimum absolute atomic E-state index is 0.0867. The topological polar surface area (TPSA) is 69.6 Å². The summed E-state index contributed by atoms with van der Waals surface area (Å²) in [6, 6.07) is 4.70. The van der Waals surface area contributed by atoms with E-state index in [0.717, 1.165) is 30.2 Å². The number of hydrogen-bond acceptors (Lipinski definition) is 2. The first kappa shape index (κ1) is 15.8. The summed E-state index contributed by atoms with van der Waals surface area (Å²) in [5.41, 5.74) is 0.396. The quantitative estimate of drug-likeness (QED) is 0.863. The number of nitrogens with one attached hydrogen (secondary N) is 1. The van der Waals surface area contributed by atoms with E-state index in [2.05, 4.69) is 21.2 Å². The summed E-state index contributed by atoms with van der Waals surface area (Å²) in [6.07, 6.45) is 5.52. The average molecular weight is 355 g/mol. The lowest BCUT2D eigenvalue weighted by molar-refractivity contribution is 0.0698. The van der Waals surface area contributed by atoms with Crippen LogP contribution in [-0.4, -0.2) is 35.1 Å². The Morgan fingerprint density at radius 1 is 1.29 bits per heavy atom. The summed E-state index contributed by atoms with van der Waals surface area (Å²) in [4.78, 5) is 25.2. The maximum atomic E-state index is 12.3. The van der Waals surface area contributed by atoms with Crippen LogP contribution in [0.15, 0.2) is 22.7 Å². The summed E-state index contributed by atoms with van der Waals surface area (Å²) in [7, 11) is 1.77. The van der Waals surface area contributed by atoms with E-state index in [0.29, 0.717) is 5.69 Å². The number of hydrogen-bond donors (Lipinski definition) is 2. The molecule has 0 heterocycles. The molecule has 114 valence electrons. The molecule has 1 aromatic rings. The third-order valence-electron chi connectivity index (χ3n) is 3.90. The highest BCUT2D eigenvalue weighted by molar-refractivity contribution is 9.10. The second-order valence-electron chi connectivity index (χ2n) is 5.33. The van der Waals surface area contributed by atoms with Gasteiger partial charge in [0.1, 0.15) is 0 Å². The van der Waals surface area contributed by atoms with E-state index >= 15 is 0 Å². The van der Waals surface area contributed by atoms with Crippen molar-refractivity contribution in [3.8, 4) is 0 Å². The van der Waals surface area contributed by atoms with Gasteiger partial charge in [-0.25, -0.2) is 9.59 Å². The molecule has 0 aliphatic heterocycles. The Labute approximate surface area is 132 Å². The number of aromatic carboxylic acids is 1. The Morgan fingerprint density at radius 3 is 2.57 bits per heavy atom. The molecule has 1 aliphatic carbocycles. The number of carboxylic acid groups (broad SMARTS) is 1. The maximum Gasteiger partial charge on any atom is 0.337 e. The maximum absolute atomic E-state index is 12.3. The van der Waals surface area contributed by atoms with Gasteiger partial charge in [0.25, 0.3) is 0 Å². The van der Waals surface area contributed by atoms with Gasteiger partial charge in [-0.1, -0.05) is 35.2 Å². The minimum Gasteiger partial charge on any atom is -0.478 e. The predicted molar refractivity (Wildman–Crippen MR) is 84.8 cm³/mol. The van der Waals surface area contributed by atoms with Gasteiger partial charge in [0.05, 0.1) is 11.3 Å². The highest BCUT2D eigenvalue weighted by Gasteiger charge is 2.23. The number of anilines is 1. The number of amides is 2. The van der Waals surface area contributed by atoms with Crippen LogP contribution in [0.3, 0.4) is 0 Å². The molecule has 2 rings (SSSR count). The molecule has 6 heteroatoms. The summed E-state index contributed by atoms with van der Waals surface area (Å²) in [5.74, 6) is -1.06. The molecule has 0 unspecified atom stereocenters. The van der Waals surface area contributed by atoms with Gasteiger partial charge < -0.3 is 15.3 Å². The van der Waals surface area contributed by atoms with E-state index in [9.17, 15) is 14.7 Å². The van der Waals surface area contributed by atoms with Crippen LogP contribution in [0.25, 0.3) is 0 Å². The summed E-state index contributed by atoms with van der Waals surface area (Å²) >= 11 is 3.29. The zero-order chi connectivity index (χ0) is 15.4. The number of urea groups is 1. The van der Waals surface area contributed by atoms with E-state index in [1.807, 2.05) is 0 Å². The van der Waals surface area contributed by atoms with Crippen LogP contribution in [-0.2, 0) is 0 Å². The molecule has 0 spiro atoms. The molecule has 2 N–H and O–H groups in total. The van der Waals surface area contributed by atoms with Gasteiger partial charge in [-0.15, -0.1) is 0 Å². The van der Waals surface area contributed by atoms with Gasteiger partial charge in [-0.2, -0.15) is 0 Å². The standard InChI is InChI=1S/C15H19BrN2O3/c1-18(11-5-3-2-4-6-11)15(21)17-13-9-10(16)7-8-12(13)14(19)20/h7-9,11H,2-6H2,1H3,(H,17,21)(H,19,20). The normalized spacial score (nSPS) is 15.5. The largest absolute Gasteiger partial charge is 0.478 e. The summed E-state index contributed by atoms with van der Waals surface area (Å²) < 4.78 is 0.725. The number of benzene rings is 1. The van der Waals surface area contributed by atoms with E-state index in [1.165, 1.54) is 12.5 Å². The second kappa shape index (κ2) is 6.93. The zero-order valence-electron chi connectivity index (χ0n) is 11.9. The van der Waals surface area contributed by atoms with Crippen molar-refractivity contribution in [3.05, 3.63) is 28.2 Å². The van der Waals surface area contributed by atoms with Crippen molar-refractivity contribution in [1.82, 2.24) is 4.90 Å². The van der Waals surface area contributed by atoms with E-state index in [4.69, 9.17) is 0 Å². The molecular weight excluding hydrogens is 336 g/mol. The monoisotopic (exact) mass is 354 g/mol. The summed E-state index contributed by atoms with van der Waals surface area (Å²) in [6.45, 7) is 0. The van der Waals surface area contributed by atoms with E-state index in [-0.39, 0.29) is 17.6 Å². The molecule has 1 aliphatic rings. The third kappa shape index (κ3) is 3.97. The van der Waals surface area contributed by atoms with Crippen LogP contribution in [0, 0.1) is 0 Å². The molecule has 0 atom stereocenters. The van der Waals surface area contributed by atoms with Crippen molar-refractivity contribution in [2.45, 2.75) is 38.1 Å². The molecule has 2 amide bonds. The first-order valence-electron chi connectivity index (χ1n) is 7.05. The fourth-order valence-electron chi connectivity index (χ4n) is 2.64. The van der Waals surface area contributed by atoms with Gasteiger partial charge in [-0.3, -0.25) is 0 Å². The highest BCUT2D eigenvalue weighted by Crippen LogP contribution is 2.24. The van der Waals surface area contributed by atoms with Crippen molar-refractivity contribution in [3.63, 3.8) is 0 Å². The van der Waals surface area contributed by atoms with Crippen molar-refractivity contribution < 1.29 is 14.7 Å². The number of carboxylic acids is 1. The Morgan fingerprint density at radius 2 is 1.95 bits per heavy atom. The highest BCUT2D eigenvalue weighted by atomic mass is 79.9. The van der Waals surface area contributed by atoms with E-state index < -0.39 is 5.97 Å². The van der Waals surface area contributed by atoms with Gasteiger partial charge in [-0.05, 0) is 31.0 Å². The number of carbonyl (C=O) groups excluding carboxylic acids is 1. The first-order valence-corrected chi connectivity index (χ1v) is 7.85. The molecule has 21 heavy (non-hydrogen) atoms. The Hall–Kier alpha value is -1.56. The fraction of sp³-hybridized carbons (Fsp3) is 0.467. The van der Waals surface area contributed by atoms with Crippen LogP contribution in [0.2, 0.25) is 0 Å². The second-order valence-corrected chi connectivity index (χ2v) is 6.24. The Kier molecular flexibility index (Phi) is 5.22. The molecule has 0 saturated heterocycles. The fourth-order valence-corrected chi connectivity index (χ4v) is 3.01. The Bertz CT molecular complexity index is 542. The smallest absolute Gasteiger partial charge is 0.337 e. The average Bonchev–Trinajstić information content (AvgIpc) is 2.47. The molecule has 1 fully saturated rings.